The fraction of sp³-hybridized carbons (Fsp3) is 0.600. The second-order valence-corrected chi connectivity index (χ2v) is 5.75. The molecule has 1 aromatic carbocycles. The maximum Gasteiger partial charge on any atom is 0.126 e. The fourth-order valence-electron chi connectivity index (χ4n) is 2.71. The van der Waals surface area contributed by atoms with Crippen LogP contribution in [-0.2, 0) is 6.54 Å². The molecule has 1 fully saturated rings. The molecule has 1 saturated carbocycles. The summed E-state index contributed by atoms with van der Waals surface area (Å²) in [5, 5.41) is 12.9. The van der Waals surface area contributed by atoms with E-state index in [1.165, 1.54) is 12.1 Å². The van der Waals surface area contributed by atoms with Crippen LogP contribution in [0.5, 0.6) is 0 Å². The molecule has 0 atom stereocenters. The van der Waals surface area contributed by atoms with Crippen LogP contribution >= 0.6 is 0 Å². The van der Waals surface area contributed by atoms with E-state index in [0.29, 0.717) is 18.0 Å². The maximum atomic E-state index is 13.1. The molecule has 1 aromatic rings. The van der Waals surface area contributed by atoms with Crippen molar-refractivity contribution in [3.63, 3.8) is 0 Å². The average molecular weight is 269 g/mol. The number of rotatable bonds is 4. The molecule has 1 aliphatic rings. The summed E-state index contributed by atoms with van der Waals surface area (Å²) in [7, 11) is 0. The van der Waals surface area contributed by atoms with Crippen LogP contribution in [0.3, 0.4) is 0 Å². The molecule has 0 heterocycles. The van der Waals surface area contributed by atoms with E-state index < -0.39 is 11.6 Å². The van der Waals surface area contributed by atoms with Gasteiger partial charge in [0.1, 0.15) is 11.6 Å². The third-order valence-corrected chi connectivity index (χ3v) is 4.12. The lowest BCUT2D eigenvalue weighted by Gasteiger charge is -2.39. The molecule has 2 nitrogen and oxygen atoms in total. The first kappa shape index (κ1) is 14.4. The van der Waals surface area contributed by atoms with Gasteiger partial charge in [0, 0.05) is 18.2 Å². The summed E-state index contributed by atoms with van der Waals surface area (Å²) in [5.74, 6) is -0.438. The summed E-state index contributed by atoms with van der Waals surface area (Å²) >= 11 is 0. The average Bonchev–Trinajstić information content (AvgIpc) is 2.38. The van der Waals surface area contributed by atoms with E-state index in [0.717, 1.165) is 31.7 Å². The molecule has 0 saturated heterocycles. The zero-order valence-corrected chi connectivity index (χ0v) is 11.3. The summed E-state index contributed by atoms with van der Waals surface area (Å²) < 4.78 is 26.2. The monoisotopic (exact) mass is 269 g/mol. The van der Waals surface area contributed by atoms with Crippen LogP contribution in [0.2, 0.25) is 0 Å². The number of aliphatic hydroxyl groups is 1. The normalized spacial score (nSPS) is 27.5. The Morgan fingerprint density at radius 2 is 1.79 bits per heavy atom. The van der Waals surface area contributed by atoms with Crippen LogP contribution in [0.25, 0.3) is 0 Å². The molecule has 106 valence electrons. The van der Waals surface area contributed by atoms with Gasteiger partial charge in [-0.2, -0.15) is 0 Å². The number of hydrogen-bond acceptors (Lipinski definition) is 2. The van der Waals surface area contributed by atoms with Gasteiger partial charge in [-0.1, -0.05) is 6.92 Å². The minimum atomic E-state index is -0.563. The third-order valence-electron chi connectivity index (χ3n) is 4.12. The first-order chi connectivity index (χ1) is 9.03. The Balaban J connectivity index is 1.99. The summed E-state index contributed by atoms with van der Waals surface area (Å²) in [6.07, 6.45) is 3.96. The molecular weight excluding hydrogens is 248 g/mol. The minimum Gasteiger partial charge on any atom is -0.394 e. The topological polar surface area (TPSA) is 32.3 Å². The zero-order chi connectivity index (χ0) is 13.9. The van der Waals surface area contributed by atoms with Crippen LogP contribution in [0.4, 0.5) is 8.78 Å². The van der Waals surface area contributed by atoms with Gasteiger partial charge in [-0.3, -0.25) is 0 Å². The number of benzene rings is 1. The van der Waals surface area contributed by atoms with E-state index in [4.69, 9.17) is 0 Å². The van der Waals surface area contributed by atoms with E-state index in [1.54, 1.807) is 0 Å². The van der Waals surface area contributed by atoms with Gasteiger partial charge in [-0.05, 0) is 49.3 Å². The van der Waals surface area contributed by atoms with Gasteiger partial charge in [-0.25, -0.2) is 8.78 Å². The molecular formula is C15H21F2NO. The predicted octanol–water partition coefficient (Wildman–Crippen LogP) is 3.00. The lowest BCUT2D eigenvalue weighted by atomic mass is 9.77. The summed E-state index contributed by atoms with van der Waals surface area (Å²) in [6.45, 7) is 2.66. The van der Waals surface area contributed by atoms with Gasteiger partial charge < -0.3 is 10.4 Å². The molecule has 1 aliphatic carbocycles. The fourth-order valence-corrected chi connectivity index (χ4v) is 2.71. The van der Waals surface area contributed by atoms with Crippen LogP contribution in [0.1, 0.15) is 38.2 Å². The second kappa shape index (κ2) is 5.97. The Morgan fingerprint density at radius 3 is 2.32 bits per heavy atom. The summed E-state index contributed by atoms with van der Waals surface area (Å²) in [5.41, 5.74) is 0.277. The van der Waals surface area contributed by atoms with Crippen molar-refractivity contribution in [1.29, 1.82) is 0 Å². The van der Waals surface area contributed by atoms with Crippen molar-refractivity contribution in [3.8, 4) is 0 Å². The Kier molecular flexibility index (Phi) is 4.53. The first-order valence-electron chi connectivity index (χ1n) is 6.84. The van der Waals surface area contributed by atoms with Gasteiger partial charge in [0.2, 0.25) is 0 Å². The van der Waals surface area contributed by atoms with Crippen molar-refractivity contribution in [1.82, 2.24) is 5.32 Å². The van der Waals surface area contributed by atoms with Gasteiger partial charge in [0.05, 0.1) is 6.61 Å². The highest BCUT2D eigenvalue weighted by Crippen LogP contribution is 2.31. The summed E-state index contributed by atoms with van der Waals surface area (Å²) in [4.78, 5) is 0. The molecule has 0 amide bonds. The van der Waals surface area contributed by atoms with Crippen molar-refractivity contribution >= 4 is 0 Å². The van der Waals surface area contributed by atoms with Crippen molar-refractivity contribution in [2.24, 2.45) is 5.92 Å². The Hall–Kier alpha value is -1.00. The molecule has 0 bridgehead atoms. The van der Waals surface area contributed by atoms with Crippen molar-refractivity contribution in [3.05, 3.63) is 35.4 Å². The maximum absolute atomic E-state index is 13.1. The summed E-state index contributed by atoms with van der Waals surface area (Å²) in [6, 6.07) is 3.52. The zero-order valence-electron chi connectivity index (χ0n) is 11.3. The molecule has 0 spiro atoms. The third kappa shape index (κ3) is 3.74. The molecule has 19 heavy (non-hydrogen) atoms. The highest BCUT2D eigenvalue weighted by molar-refractivity contribution is 5.18. The molecule has 0 unspecified atom stereocenters. The SMILES string of the molecule is CC1CCC(CO)(NCc2cc(F)cc(F)c2)CC1. The first-order valence-corrected chi connectivity index (χ1v) is 6.84. The number of hydrogen-bond donors (Lipinski definition) is 2. The highest BCUT2D eigenvalue weighted by Gasteiger charge is 2.32. The van der Waals surface area contributed by atoms with Gasteiger partial charge in [-0.15, -0.1) is 0 Å². The standard InChI is InChI=1S/C15H21F2NO/c1-11-2-4-15(10-19,5-3-11)18-9-12-6-13(16)8-14(17)7-12/h6-8,11,18-19H,2-5,9-10H2,1H3. The molecule has 0 aliphatic heterocycles. The van der Waals surface area contributed by atoms with Gasteiger partial charge >= 0.3 is 0 Å². The molecule has 0 radical (unpaired) electrons. The molecule has 0 aromatic heterocycles. The van der Waals surface area contributed by atoms with Crippen molar-refractivity contribution in [2.45, 2.75) is 44.7 Å². The van der Waals surface area contributed by atoms with Crippen LogP contribution < -0.4 is 5.32 Å². The van der Waals surface area contributed by atoms with Gasteiger partial charge in [0.25, 0.3) is 0 Å². The second-order valence-electron chi connectivity index (χ2n) is 5.75. The van der Waals surface area contributed by atoms with Crippen LogP contribution in [0.15, 0.2) is 18.2 Å². The lowest BCUT2D eigenvalue weighted by molar-refractivity contribution is 0.104. The molecule has 4 heteroatoms. The predicted molar refractivity (Wildman–Crippen MR) is 70.6 cm³/mol. The van der Waals surface area contributed by atoms with E-state index in [1.807, 2.05) is 0 Å². The van der Waals surface area contributed by atoms with E-state index in [9.17, 15) is 13.9 Å². The van der Waals surface area contributed by atoms with Crippen molar-refractivity contribution < 1.29 is 13.9 Å². The highest BCUT2D eigenvalue weighted by atomic mass is 19.1. The van der Waals surface area contributed by atoms with E-state index in [-0.39, 0.29) is 12.1 Å². The quantitative estimate of drug-likeness (QED) is 0.880. The number of halogens is 2. The molecule has 2 N–H and O–H groups in total. The molecule has 2 rings (SSSR count). The Labute approximate surface area is 112 Å². The largest absolute Gasteiger partial charge is 0.394 e. The smallest absolute Gasteiger partial charge is 0.126 e. The van der Waals surface area contributed by atoms with Crippen LogP contribution in [0, 0.1) is 17.6 Å². The number of nitrogens with one attached hydrogen (secondary N) is 1. The lowest BCUT2D eigenvalue weighted by Crippen LogP contribution is -2.50. The Morgan fingerprint density at radius 1 is 1.21 bits per heavy atom. The van der Waals surface area contributed by atoms with E-state index >= 15 is 0 Å². The van der Waals surface area contributed by atoms with Gasteiger partial charge in [0.15, 0.2) is 0 Å². The Bertz CT molecular complexity index is 408. The van der Waals surface area contributed by atoms with Crippen molar-refractivity contribution in [2.75, 3.05) is 6.61 Å². The minimum absolute atomic E-state index is 0.0670. The number of aliphatic hydroxyl groups excluding tert-OH is 1. The van der Waals surface area contributed by atoms with E-state index in [2.05, 4.69) is 12.2 Å². The van der Waals surface area contributed by atoms with Crippen LogP contribution in [-0.4, -0.2) is 17.3 Å².